The van der Waals surface area contributed by atoms with E-state index < -0.39 is 5.91 Å². The molecule has 1 amide bonds. The predicted octanol–water partition coefficient (Wildman–Crippen LogP) is 2.47. The number of anilines is 1. The Hall–Kier alpha value is -2.06. The number of nitrogens with zero attached hydrogens (tertiary/aromatic N) is 2. The van der Waals surface area contributed by atoms with Crippen molar-refractivity contribution in [1.82, 2.24) is 10.3 Å². The molecular weight excluding hydrogens is 264 g/mol. The van der Waals surface area contributed by atoms with Crippen LogP contribution in [-0.2, 0) is 4.79 Å². The van der Waals surface area contributed by atoms with Gasteiger partial charge in [0.1, 0.15) is 11.6 Å². The molecule has 1 rings (SSSR count). The highest BCUT2D eigenvalue weighted by Crippen LogP contribution is 2.17. The van der Waals surface area contributed by atoms with Crippen LogP contribution in [0.2, 0.25) is 5.15 Å². The summed E-state index contributed by atoms with van der Waals surface area (Å²) in [5.74, 6) is -0.413. The number of hydrogen-bond acceptors (Lipinski definition) is 4. The van der Waals surface area contributed by atoms with Gasteiger partial charge in [0.05, 0.1) is 5.69 Å². The van der Waals surface area contributed by atoms with Crippen molar-refractivity contribution in [3.8, 4) is 6.07 Å². The average molecular weight is 279 g/mol. The van der Waals surface area contributed by atoms with Crippen LogP contribution < -0.4 is 10.6 Å². The number of hydrogen-bond donors (Lipinski definition) is 2. The van der Waals surface area contributed by atoms with E-state index in [1.165, 1.54) is 6.20 Å². The van der Waals surface area contributed by atoms with Crippen LogP contribution in [0, 0.1) is 11.3 Å². The van der Waals surface area contributed by atoms with Crippen LogP contribution in [0.4, 0.5) is 5.69 Å². The Bertz CT molecular complexity index is 522. The summed E-state index contributed by atoms with van der Waals surface area (Å²) in [5.41, 5.74) is 0.522. The van der Waals surface area contributed by atoms with Gasteiger partial charge in [-0.05, 0) is 25.5 Å². The SMILES string of the molecule is CCC(C)NC(=O)/C(C#N)=C\Nc1cccnc1Cl. The lowest BCUT2D eigenvalue weighted by molar-refractivity contribution is -0.117. The third kappa shape index (κ3) is 4.60. The third-order valence-electron chi connectivity index (χ3n) is 2.49. The monoisotopic (exact) mass is 278 g/mol. The summed E-state index contributed by atoms with van der Waals surface area (Å²) >= 11 is 5.85. The van der Waals surface area contributed by atoms with Crippen molar-refractivity contribution < 1.29 is 4.79 Å². The predicted molar refractivity (Wildman–Crippen MR) is 74.5 cm³/mol. The molecule has 0 bridgehead atoms. The molecule has 0 aliphatic carbocycles. The Morgan fingerprint density at radius 2 is 2.42 bits per heavy atom. The number of pyridine rings is 1. The maximum Gasteiger partial charge on any atom is 0.263 e. The molecule has 0 aliphatic heterocycles. The van der Waals surface area contributed by atoms with Crippen LogP contribution in [0.3, 0.4) is 0 Å². The molecule has 1 aromatic rings. The van der Waals surface area contributed by atoms with Gasteiger partial charge in [0.2, 0.25) is 0 Å². The first-order valence-corrected chi connectivity index (χ1v) is 6.24. The minimum absolute atomic E-state index is 0.0137. The lowest BCUT2D eigenvalue weighted by Gasteiger charge is -2.10. The van der Waals surface area contributed by atoms with Gasteiger partial charge >= 0.3 is 0 Å². The van der Waals surface area contributed by atoms with Crippen molar-refractivity contribution in [3.63, 3.8) is 0 Å². The van der Waals surface area contributed by atoms with Gasteiger partial charge in [-0.25, -0.2) is 4.98 Å². The van der Waals surface area contributed by atoms with E-state index in [2.05, 4.69) is 15.6 Å². The second kappa shape index (κ2) is 7.39. The second-order valence-corrected chi connectivity index (χ2v) is 4.30. The number of amides is 1. The Morgan fingerprint density at radius 1 is 1.68 bits per heavy atom. The molecule has 2 N–H and O–H groups in total. The summed E-state index contributed by atoms with van der Waals surface area (Å²) in [6.07, 6.45) is 3.67. The molecule has 0 aromatic carbocycles. The minimum Gasteiger partial charge on any atom is -0.358 e. The Balaban J connectivity index is 2.76. The molecule has 0 saturated carbocycles. The highest BCUT2D eigenvalue weighted by atomic mass is 35.5. The van der Waals surface area contributed by atoms with E-state index in [1.807, 2.05) is 19.9 Å². The van der Waals surface area contributed by atoms with E-state index >= 15 is 0 Å². The molecule has 1 atom stereocenters. The highest BCUT2D eigenvalue weighted by Gasteiger charge is 2.11. The maximum atomic E-state index is 11.8. The van der Waals surface area contributed by atoms with E-state index in [0.29, 0.717) is 5.69 Å². The van der Waals surface area contributed by atoms with Gasteiger partial charge in [0.15, 0.2) is 5.15 Å². The van der Waals surface area contributed by atoms with Gasteiger partial charge in [-0.15, -0.1) is 0 Å². The molecule has 0 spiro atoms. The first kappa shape index (κ1) is 15.0. The maximum absolute atomic E-state index is 11.8. The number of rotatable bonds is 5. The highest BCUT2D eigenvalue weighted by molar-refractivity contribution is 6.32. The molecule has 0 fully saturated rings. The van der Waals surface area contributed by atoms with Crippen molar-refractivity contribution in [2.75, 3.05) is 5.32 Å². The molecule has 0 saturated heterocycles. The standard InChI is InChI=1S/C13H15ClN4O/c1-3-9(2)18-13(19)10(7-15)8-17-11-5-4-6-16-12(11)14/h4-6,8-9,17H,3H2,1-2H3,(H,18,19)/b10-8-. The second-order valence-electron chi connectivity index (χ2n) is 3.94. The van der Waals surface area contributed by atoms with Crippen LogP contribution in [-0.4, -0.2) is 16.9 Å². The van der Waals surface area contributed by atoms with Crippen LogP contribution in [0.5, 0.6) is 0 Å². The molecule has 0 radical (unpaired) electrons. The van der Waals surface area contributed by atoms with Crippen molar-refractivity contribution in [3.05, 3.63) is 35.3 Å². The Labute approximate surface area is 117 Å². The van der Waals surface area contributed by atoms with Gasteiger partial charge < -0.3 is 10.6 Å². The molecule has 19 heavy (non-hydrogen) atoms. The van der Waals surface area contributed by atoms with Gasteiger partial charge in [-0.3, -0.25) is 4.79 Å². The zero-order valence-electron chi connectivity index (χ0n) is 10.8. The zero-order chi connectivity index (χ0) is 14.3. The molecule has 6 heteroatoms. The molecule has 0 aliphatic rings. The lowest BCUT2D eigenvalue weighted by atomic mass is 10.2. The number of carbonyl (C=O) groups excluding carboxylic acids is 1. The van der Waals surface area contributed by atoms with Gasteiger partial charge in [0.25, 0.3) is 5.91 Å². The number of nitrogens with one attached hydrogen (secondary N) is 2. The zero-order valence-corrected chi connectivity index (χ0v) is 11.5. The van der Waals surface area contributed by atoms with Gasteiger partial charge in [0, 0.05) is 18.4 Å². The van der Waals surface area contributed by atoms with Crippen LogP contribution in [0.25, 0.3) is 0 Å². The molecule has 5 nitrogen and oxygen atoms in total. The number of halogens is 1. The Kier molecular flexibility index (Phi) is 5.83. The van der Waals surface area contributed by atoms with Crippen LogP contribution >= 0.6 is 11.6 Å². The fourth-order valence-corrected chi connectivity index (χ4v) is 1.37. The summed E-state index contributed by atoms with van der Waals surface area (Å²) in [4.78, 5) is 15.6. The van der Waals surface area contributed by atoms with E-state index in [-0.39, 0.29) is 16.8 Å². The van der Waals surface area contributed by atoms with Crippen molar-refractivity contribution in [1.29, 1.82) is 5.26 Å². The number of aromatic nitrogens is 1. The largest absolute Gasteiger partial charge is 0.358 e. The van der Waals surface area contributed by atoms with E-state index in [9.17, 15) is 4.79 Å². The van der Waals surface area contributed by atoms with Crippen molar-refractivity contribution >= 4 is 23.2 Å². The smallest absolute Gasteiger partial charge is 0.263 e. The van der Waals surface area contributed by atoms with E-state index in [4.69, 9.17) is 16.9 Å². The molecule has 1 aromatic heterocycles. The average Bonchev–Trinajstić information content (AvgIpc) is 2.41. The van der Waals surface area contributed by atoms with Gasteiger partial charge in [-0.1, -0.05) is 18.5 Å². The first-order valence-electron chi connectivity index (χ1n) is 5.86. The normalized spacial score (nSPS) is 12.4. The van der Waals surface area contributed by atoms with Crippen LogP contribution in [0.15, 0.2) is 30.1 Å². The quantitative estimate of drug-likeness (QED) is 0.493. The third-order valence-corrected chi connectivity index (χ3v) is 2.79. The summed E-state index contributed by atoms with van der Waals surface area (Å²) in [6, 6.07) is 5.27. The van der Waals surface area contributed by atoms with Gasteiger partial charge in [-0.2, -0.15) is 5.26 Å². The summed E-state index contributed by atoms with van der Waals surface area (Å²) in [7, 11) is 0. The Morgan fingerprint density at radius 3 is 3.00 bits per heavy atom. The molecular formula is C13H15ClN4O. The fourth-order valence-electron chi connectivity index (χ4n) is 1.20. The summed E-state index contributed by atoms with van der Waals surface area (Å²) in [6.45, 7) is 3.83. The number of carbonyl (C=O) groups is 1. The lowest BCUT2D eigenvalue weighted by Crippen LogP contribution is -2.33. The topological polar surface area (TPSA) is 77.8 Å². The first-order chi connectivity index (χ1) is 9.08. The summed E-state index contributed by atoms with van der Waals surface area (Å²) in [5, 5.41) is 14.7. The molecule has 1 unspecified atom stereocenters. The summed E-state index contributed by atoms with van der Waals surface area (Å²) < 4.78 is 0. The van der Waals surface area contributed by atoms with Crippen LogP contribution in [0.1, 0.15) is 20.3 Å². The number of nitriles is 1. The van der Waals surface area contributed by atoms with E-state index in [1.54, 1.807) is 18.3 Å². The molecule has 100 valence electrons. The molecule has 1 heterocycles. The minimum atomic E-state index is -0.413. The fraction of sp³-hybridized carbons (Fsp3) is 0.308. The van der Waals surface area contributed by atoms with E-state index in [0.717, 1.165) is 6.42 Å². The van der Waals surface area contributed by atoms with Crippen molar-refractivity contribution in [2.45, 2.75) is 26.3 Å². The van der Waals surface area contributed by atoms with Crippen molar-refractivity contribution in [2.24, 2.45) is 0 Å².